The average molecular weight is 333 g/mol. The fourth-order valence-corrected chi connectivity index (χ4v) is 3.86. The lowest BCUT2D eigenvalue weighted by molar-refractivity contribution is 0.568. The van der Waals surface area contributed by atoms with Crippen LogP contribution in [0.3, 0.4) is 0 Å². The van der Waals surface area contributed by atoms with Crippen LogP contribution in [0.5, 0.6) is 0 Å². The van der Waals surface area contributed by atoms with Crippen LogP contribution < -0.4 is 15.4 Å². The first-order chi connectivity index (χ1) is 12.1. The smallest absolute Gasteiger partial charge is 0.256 e. The molecule has 2 heterocycles. The Kier molecular flexibility index (Phi) is 3.96. The first-order valence-electron chi connectivity index (χ1n) is 8.78. The van der Waals surface area contributed by atoms with E-state index >= 15 is 0 Å². The third-order valence-corrected chi connectivity index (χ3v) is 4.92. The standard InChI is InChI=1S/C21H23N3O/c1-15-12-23(2)19-9-5-6-10-20(19)24(13-15)14-17-11-16-7-3-4-8-18(16)21(25)22-17/h3-11,15H,12-14H2,1-2H3,(H,22,25). The monoisotopic (exact) mass is 333 g/mol. The van der Waals surface area contributed by atoms with Gasteiger partial charge in [0.25, 0.3) is 5.56 Å². The summed E-state index contributed by atoms with van der Waals surface area (Å²) in [5.74, 6) is 0.546. The molecule has 3 aromatic rings. The van der Waals surface area contributed by atoms with E-state index in [1.54, 1.807) is 0 Å². The second-order valence-electron chi connectivity index (χ2n) is 7.07. The van der Waals surface area contributed by atoms with E-state index in [0.29, 0.717) is 12.5 Å². The van der Waals surface area contributed by atoms with Crippen molar-refractivity contribution >= 4 is 22.1 Å². The minimum Gasteiger partial charge on any atom is -0.373 e. The van der Waals surface area contributed by atoms with Gasteiger partial charge in [-0.25, -0.2) is 0 Å². The van der Waals surface area contributed by atoms with Crippen LogP contribution in [-0.4, -0.2) is 25.1 Å². The van der Waals surface area contributed by atoms with Crippen LogP contribution in [0.4, 0.5) is 11.4 Å². The highest BCUT2D eigenvalue weighted by atomic mass is 16.1. The quantitative estimate of drug-likeness (QED) is 0.778. The predicted octanol–water partition coefficient (Wildman–Crippen LogP) is 3.62. The van der Waals surface area contributed by atoms with E-state index in [9.17, 15) is 4.79 Å². The molecule has 1 atom stereocenters. The van der Waals surface area contributed by atoms with Gasteiger partial charge in [-0.1, -0.05) is 37.3 Å². The lowest BCUT2D eigenvalue weighted by Gasteiger charge is -2.26. The SMILES string of the molecule is CC1CN(C)c2ccccc2N(Cc2cc3ccccc3c(=O)[nH]2)C1. The number of hydrogen-bond donors (Lipinski definition) is 1. The molecule has 4 heteroatoms. The normalized spacial score (nSPS) is 17.4. The average Bonchev–Trinajstić information content (AvgIpc) is 2.72. The van der Waals surface area contributed by atoms with E-state index in [0.717, 1.165) is 29.6 Å². The van der Waals surface area contributed by atoms with E-state index in [1.165, 1.54) is 11.4 Å². The van der Waals surface area contributed by atoms with Crippen LogP contribution in [0.2, 0.25) is 0 Å². The van der Waals surface area contributed by atoms with Crippen LogP contribution in [0.15, 0.2) is 59.4 Å². The molecule has 0 amide bonds. The number of aromatic amines is 1. The zero-order chi connectivity index (χ0) is 17.4. The Labute approximate surface area is 147 Å². The number of nitrogens with zero attached hydrogens (tertiary/aromatic N) is 2. The highest BCUT2D eigenvalue weighted by Gasteiger charge is 2.22. The van der Waals surface area contributed by atoms with Gasteiger partial charge in [-0.3, -0.25) is 4.79 Å². The van der Waals surface area contributed by atoms with Crippen molar-refractivity contribution in [1.29, 1.82) is 0 Å². The van der Waals surface area contributed by atoms with Crippen molar-refractivity contribution in [3.05, 3.63) is 70.6 Å². The highest BCUT2D eigenvalue weighted by molar-refractivity contribution is 5.81. The van der Waals surface area contributed by atoms with Crippen molar-refractivity contribution in [2.45, 2.75) is 13.5 Å². The molecule has 1 aromatic heterocycles. The number of H-pyrrole nitrogens is 1. The molecule has 1 aliphatic heterocycles. The molecule has 128 valence electrons. The predicted molar refractivity (Wildman–Crippen MR) is 104 cm³/mol. The Morgan fingerprint density at radius 1 is 1.04 bits per heavy atom. The first-order valence-corrected chi connectivity index (χ1v) is 8.78. The topological polar surface area (TPSA) is 39.3 Å². The molecule has 2 aromatic carbocycles. The second kappa shape index (κ2) is 6.28. The molecular weight excluding hydrogens is 310 g/mol. The van der Waals surface area contributed by atoms with Crippen LogP contribution in [0, 0.1) is 5.92 Å². The summed E-state index contributed by atoms with van der Waals surface area (Å²) in [5.41, 5.74) is 3.41. The number of hydrogen-bond acceptors (Lipinski definition) is 3. The molecule has 0 aliphatic carbocycles. The number of rotatable bonds is 2. The zero-order valence-corrected chi connectivity index (χ0v) is 14.7. The van der Waals surface area contributed by atoms with Crippen molar-refractivity contribution in [3.63, 3.8) is 0 Å². The molecule has 0 radical (unpaired) electrons. The van der Waals surface area contributed by atoms with Crippen LogP contribution in [0.25, 0.3) is 10.8 Å². The number of benzene rings is 2. The molecule has 4 rings (SSSR count). The van der Waals surface area contributed by atoms with E-state index in [4.69, 9.17) is 0 Å². The van der Waals surface area contributed by atoms with Gasteiger partial charge in [0.2, 0.25) is 0 Å². The molecule has 1 N–H and O–H groups in total. The van der Waals surface area contributed by atoms with Gasteiger partial charge in [0.05, 0.1) is 17.9 Å². The summed E-state index contributed by atoms with van der Waals surface area (Å²) >= 11 is 0. The summed E-state index contributed by atoms with van der Waals surface area (Å²) in [6, 6.07) is 18.4. The molecule has 0 saturated heterocycles. The van der Waals surface area contributed by atoms with Gasteiger partial charge in [-0.05, 0) is 35.6 Å². The Balaban J connectivity index is 1.74. The first kappa shape index (κ1) is 15.8. The summed E-state index contributed by atoms with van der Waals surface area (Å²) in [4.78, 5) is 20.2. The third-order valence-electron chi connectivity index (χ3n) is 4.92. The summed E-state index contributed by atoms with van der Waals surface area (Å²) in [7, 11) is 2.15. The molecule has 1 aliphatic rings. The lowest BCUT2D eigenvalue weighted by atomic mass is 10.1. The molecule has 0 saturated carbocycles. The van der Waals surface area contributed by atoms with Crippen LogP contribution in [-0.2, 0) is 6.54 Å². The maximum absolute atomic E-state index is 12.4. The van der Waals surface area contributed by atoms with Crippen molar-refractivity contribution in [2.24, 2.45) is 5.92 Å². The second-order valence-corrected chi connectivity index (χ2v) is 7.07. The van der Waals surface area contributed by atoms with Crippen molar-refractivity contribution in [3.8, 4) is 0 Å². The maximum atomic E-state index is 12.4. The van der Waals surface area contributed by atoms with E-state index in [-0.39, 0.29) is 5.56 Å². The van der Waals surface area contributed by atoms with Crippen molar-refractivity contribution < 1.29 is 0 Å². The zero-order valence-electron chi connectivity index (χ0n) is 14.7. The van der Waals surface area contributed by atoms with Gasteiger partial charge in [-0.15, -0.1) is 0 Å². The van der Waals surface area contributed by atoms with Crippen LogP contribution in [0.1, 0.15) is 12.6 Å². The molecule has 0 spiro atoms. The van der Waals surface area contributed by atoms with E-state index in [1.807, 2.05) is 24.3 Å². The minimum absolute atomic E-state index is 0.0126. The Morgan fingerprint density at radius 3 is 2.60 bits per heavy atom. The van der Waals surface area contributed by atoms with Crippen molar-refractivity contribution in [1.82, 2.24) is 4.98 Å². The Bertz CT molecular complexity index is 963. The molecule has 0 fully saturated rings. The third kappa shape index (κ3) is 3.00. The minimum atomic E-state index is -0.0126. The molecule has 0 bridgehead atoms. The largest absolute Gasteiger partial charge is 0.373 e. The summed E-state index contributed by atoms with van der Waals surface area (Å²) < 4.78 is 0. The number of aromatic nitrogens is 1. The number of anilines is 2. The van der Waals surface area contributed by atoms with Crippen molar-refractivity contribution in [2.75, 3.05) is 29.9 Å². The number of pyridine rings is 1. The van der Waals surface area contributed by atoms with Crippen LogP contribution >= 0.6 is 0 Å². The lowest BCUT2D eigenvalue weighted by Crippen LogP contribution is -2.30. The Hall–Kier alpha value is -2.75. The fourth-order valence-electron chi connectivity index (χ4n) is 3.86. The van der Waals surface area contributed by atoms with E-state index < -0.39 is 0 Å². The van der Waals surface area contributed by atoms with E-state index in [2.05, 4.69) is 59.1 Å². The molecule has 25 heavy (non-hydrogen) atoms. The Morgan fingerprint density at radius 2 is 1.76 bits per heavy atom. The summed E-state index contributed by atoms with van der Waals surface area (Å²) in [6.07, 6.45) is 0. The number of nitrogens with one attached hydrogen (secondary N) is 1. The highest BCUT2D eigenvalue weighted by Crippen LogP contribution is 2.33. The molecular formula is C21H23N3O. The van der Waals surface area contributed by atoms with Gasteiger partial charge in [0, 0.05) is 31.2 Å². The summed E-state index contributed by atoms with van der Waals surface area (Å²) in [6.45, 7) is 4.98. The van der Waals surface area contributed by atoms with Gasteiger partial charge in [0.15, 0.2) is 0 Å². The van der Waals surface area contributed by atoms with Gasteiger partial charge in [-0.2, -0.15) is 0 Å². The van der Waals surface area contributed by atoms with Gasteiger partial charge >= 0.3 is 0 Å². The number of fused-ring (bicyclic) bond motifs is 2. The van der Waals surface area contributed by atoms with Gasteiger partial charge in [0.1, 0.15) is 0 Å². The maximum Gasteiger partial charge on any atom is 0.256 e. The summed E-state index contributed by atoms with van der Waals surface area (Å²) in [5, 5.41) is 1.74. The number of para-hydroxylation sites is 2. The van der Waals surface area contributed by atoms with Gasteiger partial charge < -0.3 is 14.8 Å². The molecule has 1 unspecified atom stereocenters. The fraction of sp³-hybridized carbons (Fsp3) is 0.286. The molecule has 4 nitrogen and oxygen atoms in total.